The molecule has 3 heterocycles. The largest absolute Gasteiger partial charge is 0.495 e. The van der Waals surface area contributed by atoms with Crippen molar-refractivity contribution in [3.8, 4) is 22.8 Å². The van der Waals surface area contributed by atoms with Crippen LogP contribution in [0.15, 0.2) is 23.5 Å². The maximum absolute atomic E-state index is 10.2. The van der Waals surface area contributed by atoms with Gasteiger partial charge in [-0.3, -0.25) is 0 Å². The zero-order chi connectivity index (χ0) is 21.6. The Balaban J connectivity index is 1.97. The number of anilines is 1. The Kier molecular flexibility index (Phi) is 5.61. The quantitative estimate of drug-likeness (QED) is 0.439. The van der Waals surface area contributed by atoms with Crippen LogP contribution in [0.2, 0.25) is 10.0 Å². The highest BCUT2D eigenvalue weighted by atomic mass is 35.5. The number of fused-ring (bicyclic) bond motifs is 1. The summed E-state index contributed by atoms with van der Waals surface area (Å²) in [7, 11) is 3.05. The van der Waals surface area contributed by atoms with Gasteiger partial charge >= 0.3 is 0 Å². The number of methoxy groups -OCH3 is 2. The number of benzene rings is 1. The van der Waals surface area contributed by atoms with E-state index < -0.39 is 5.60 Å². The number of pyridine rings is 1. The highest BCUT2D eigenvalue weighted by molar-refractivity contribution is 7.98. The number of halogens is 2. The average Bonchev–Trinajstić information content (AvgIpc) is 2.71. The Labute approximate surface area is 188 Å². The van der Waals surface area contributed by atoms with Crippen LogP contribution in [0.4, 0.5) is 5.82 Å². The number of nitrogens with zero attached hydrogens (tertiary/aromatic N) is 4. The molecule has 1 saturated heterocycles. The standard InChI is InChI=1S/C20H20Cl2N4O3S/c1-20(27)8-26(9-20)18-17-10(7-23-19(25-17)30-4)5-11(24-18)14-15(21)12(28-2)6-13(29-3)16(14)22/h5-7,27H,8-9H2,1-4H3. The number of rotatable bonds is 5. The second-order valence-corrected chi connectivity index (χ2v) is 8.79. The molecular formula is C20H20Cl2N4O3S. The van der Waals surface area contributed by atoms with E-state index in [0.29, 0.717) is 62.4 Å². The van der Waals surface area contributed by atoms with Crippen molar-refractivity contribution in [3.05, 3.63) is 28.4 Å². The topological polar surface area (TPSA) is 80.6 Å². The highest BCUT2D eigenvalue weighted by Gasteiger charge is 2.38. The van der Waals surface area contributed by atoms with Crippen molar-refractivity contribution < 1.29 is 14.6 Å². The zero-order valence-electron chi connectivity index (χ0n) is 16.9. The first kappa shape index (κ1) is 21.2. The molecule has 0 spiro atoms. The first-order valence-electron chi connectivity index (χ1n) is 9.07. The first-order valence-corrected chi connectivity index (χ1v) is 11.1. The molecule has 3 aromatic rings. The maximum Gasteiger partial charge on any atom is 0.187 e. The minimum absolute atomic E-state index is 0.332. The van der Waals surface area contributed by atoms with Gasteiger partial charge in [0.25, 0.3) is 0 Å². The number of aliphatic hydroxyl groups is 1. The number of hydrogen-bond acceptors (Lipinski definition) is 8. The number of aromatic nitrogens is 3. The summed E-state index contributed by atoms with van der Waals surface area (Å²) in [5.41, 5.74) is 0.972. The lowest BCUT2D eigenvalue weighted by Gasteiger charge is -2.45. The Hall–Kier alpha value is -2.00. The van der Waals surface area contributed by atoms with Crippen molar-refractivity contribution >= 4 is 51.7 Å². The molecule has 7 nitrogen and oxygen atoms in total. The normalized spacial score (nSPS) is 15.2. The molecular weight excluding hydrogens is 447 g/mol. The Morgan fingerprint density at radius 2 is 1.73 bits per heavy atom. The van der Waals surface area contributed by atoms with E-state index in [4.69, 9.17) is 37.7 Å². The summed E-state index contributed by atoms with van der Waals surface area (Å²) in [6, 6.07) is 3.48. The van der Waals surface area contributed by atoms with Gasteiger partial charge in [0.05, 0.1) is 35.6 Å². The maximum atomic E-state index is 10.2. The molecule has 2 aromatic heterocycles. The fourth-order valence-corrected chi connectivity index (χ4v) is 4.52. The van der Waals surface area contributed by atoms with Gasteiger partial charge in [-0.2, -0.15) is 0 Å². The molecule has 0 bridgehead atoms. The summed E-state index contributed by atoms with van der Waals surface area (Å²) in [6.07, 6.45) is 3.67. The molecule has 0 amide bonds. The number of β-amino-alcohol motifs (C(OH)–C–C–N with tert-alkyl or cyclic N) is 1. The fraction of sp³-hybridized carbons (Fsp3) is 0.350. The minimum Gasteiger partial charge on any atom is -0.495 e. The van der Waals surface area contributed by atoms with E-state index in [1.54, 1.807) is 19.2 Å². The average molecular weight is 467 g/mol. The predicted molar refractivity (Wildman–Crippen MR) is 121 cm³/mol. The summed E-state index contributed by atoms with van der Waals surface area (Å²) in [4.78, 5) is 15.8. The molecule has 1 aliphatic heterocycles. The lowest BCUT2D eigenvalue weighted by atomic mass is 9.96. The van der Waals surface area contributed by atoms with Crippen LogP contribution in [0.1, 0.15) is 6.92 Å². The van der Waals surface area contributed by atoms with Gasteiger partial charge in [-0.25, -0.2) is 15.0 Å². The van der Waals surface area contributed by atoms with Crippen LogP contribution in [-0.2, 0) is 0 Å². The lowest BCUT2D eigenvalue weighted by Crippen LogP contribution is -2.60. The van der Waals surface area contributed by atoms with Gasteiger partial charge in [0.15, 0.2) is 11.0 Å². The van der Waals surface area contributed by atoms with Gasteiger partial charge < -0.3 is 19.5 Å². The van der Waals surface area contributed by atoms with Crippen molar-refractivity contribution in [3.63, 3.8) is 0 Å². The summed E-state index contributed by atoms with van der Waals surface area (Å²) in [5, 5.41) is 12.3. The number of thioether (sulfide) groups is 1. The molecule has 0 unspecified atom stereocenters. The zero-order valence-corrected chi connectivity index (χ0v) is 19.2. The SMILES string of the molecule is COc1cc(OC)c(Cl)c(-c2cc3cnc(SC)nc3c(N3CC(C)(O)C3)n2)c1Cl. The van der Waals surface area contributed by atoms with E-state index in [2.05, 4.69) is 9.97 Å². The van der Waals surface area contributed by atoms with Crippen LogP contribution in [-0.4, -0.2) is 59.2 Å². The molecule has 1 N–H and O–H groups in total. The summed E-state index contributed by atoms with van der Waals surface area (Å²) < 4.78 is 10.8. The summed E-state index contributed by atoms with van der Waals surface area (Å²) in [5.74, 6) is 1.50. The third-order valence-corrected chi connectivity index (χ3v) is 6.21. The van der Waals surface area contributed by atoms with E-state index >= 15 is 0 Å². The Morgan fingerprint density at radius 3 is 2.27 bits per heavy atom. The first-order chi connectivity index (χ1) is 14.3. The van der Waals surface area contributed by atoms with Crippen molar-refractivity contribution in [1.82, 2.24) is 15.0 Å². The molecule has 0 aliphatic carbocycles. The molecule has 0 saturated carbocycles. The molecule has 158 valence electrons. The fourth-order valence-electron chi connectivity index (χ4n) is 3.49. The molecule has 0 radical (unpaired) electrons. The third-order valence-electron chi connectivity index (χ3n) is 4.90. The van der Waals surface area contributed by atoms with Gasteiger partial charge in [0.1, 0.15) is 17.0 Å². The van der Waals surface area contributed by atoms with E-state index in [9.17, 15) is 5.11 Å². The minimum atomic E-state index is -0.770. The van der Waals surface area contributed by atoms with Crippen LogP contribution >= 0.6 is 35.0 Å². The van der Waals surface area contributed by atoms with E-state index in [0.717, 1.165) is 5.39 Å². The van der Waals surface area contributed by atoms with Crippen molar-refractivity contribution in [2.75, 3.05) is 38.5 Å². The van der Waals surface area contributed by atoms with E-state index in [1.165, 1.54) is 26.0 Å². The van der Waals surface area contributed by atoms with Gasteiger partial charge in [-0.1, -0.05) is 35.0 Å². The van der Waals surface area contributed by atoms with E-state index in [1.807, 2.05) is 17.2 Å². The van der Waals surface area contributed by atoms with Crippen LogP contribution in [0.3, 0.4) is 0 Å². The molecule has 10 heteroatoms. The Morgan fingerprint density at radius 1 is 1.10 bits per heavy atom. The van der Waals surface area contributed by atoms with E-state index in [-0.39, 0.29) is 0 Å². The van der Waals surface area contributed by atoms with Crippen LogP contribution in [0, 0.1) is 0 Å². The lowest BCUT2D eigenvalue weighted by molar-refractivity contribution is 0.0307. The van der Waals surface area contributed by atoms with Crippen molar-refractivity contribution in [1.29, 1.82) is 0 Å². The van der Waals surface area contributed by atoms with Crippen LogP contribution < -0.4 is 14.4 Å². The summed E-state index contributed by atoms with van der Waals surface area (Å²) in [6.45, 7) is 2.68. The molecule has 1 aromatic carbocycles. The van der Waals surface area contributed by atoms with Crippen LogP contribution in [0.25, 0.3) is 22.2 Å². The Bertz CT molecular complexity index is 1110. The van der Waals surface area contributed by atoms with Crippen molar-refractivity contribution in [2.45, 2.75) is 17.7 Å². The predicted octanol–water partition coefficient (Wildman–Crippen LogP) is 4.31. The van der Waals surface area contributed by atoms with Crippen LogP contribution in [0.5, 0.6) is 11.5 Å². The third kappa shape index (κ3) is 3.62. The second kappa shape index (κ2) is 7.92. The smallest absolute Gasteiger partial charge is 0.187 e. The molecule has 30 heavy (non-hydrogen) atoms. The summed E-state index contributed by atoms with van der Waals surface area (Å²) >= 11 is 14.7. The molecule has 4 rings (SSSR count). The molecule has 1 aliphatic rings. The van der Waals surface area contributed by atoms with Gasteiger partial charge in [-0.15, -0.1) is 0 Å². The number of ether oxygens (including phenoxy) is 2. The number of hydrogen-bond donors (Lipinski definition) is 1. The van der Waals surface area contributed by atoms with Crippen molar-refractivity contribution in [2.24, 2.45) is 0 Å². The van der Waals surface area contributed by atoms with Gasteiger partial charge in [0, 0.05) is 36.3 Å². The molecule has 0 atom stereocenters. The van der Waals surface area contributed by atoms with Gasteiger partial charge in [0.2, 0.25) is 0 Å². The monoisotopic (exact) mass is 466 g/mol. The second-order valence-electron chi connectivity index (χ2n) is 7.26. The molecule has 1 fully saturated rings. The highest BCUT2D eigenvalue weighted by Crippen LogP contribution is 2.46. The van der Waals surface area contributed by atoms with Gasteiger partial charge in [-0.05, 0) is 19.2 Å².